The van der Waals surface area contributed by atoms with Crippen LogP contribution in [0.4, 0.5) is 4.79 Å². The molecule has 0 spiro atoms. The highest BCUT2D eigenvalue weighted by atomic mass is 16.5. The Balaban J connectivity index is 2.56. The summed E-state index contributed by atoms with van der Waals surface area (Å²) in [5.41, 5.74) is 0.254. The molecule has 122 valence electrons. The Morgan fingerprint density at radius 2 is 1.65 bits per heavy atom. The SMILES string of the molecule is COc1ccc(C=C2C(=O)NC(=O)N(C)C2=O)c(OC)c1OC. The van der Waals surface area contributed by atoms with Gasteiger partial charge in [-0.15, -0.1) is 0 Å². The summed E-state index contributed by atoms with van der Waals surface area (Å²) >= 11 is 0. The summed E-state index contributed by atoms with van der Waals surface area (Å²) in [4.78, 5) is 36.2. The van der Waals surface area contributed by atoms with Crippen molar-refractivity contribution < 1.29 is 28.6 Å². The summed E-state index contributed by atoms with van der Waals surface area (Å²) in [5, 5.41) is 2.08. The van der Waals surface area contributed by atoms with Gasteiger partial charge >= 0.3 is 6.03 Å². The lowest BCUT2D eigenvalue weighted by molar-refractivity contribution is -0.129. The molecule has 0 saturated carbocycles. The maximum atomic E-state index is 12.1. The first-order valence-corrected chi connectivity index (χ1v) is 6.58. The quantitative estimate of drug-likeness (QED) is 0.651. The topological polar surface area (TPSA) is 94.2 Å². The van der Waals surface area contributed by atoms with Gasteiger partial charge in [0.2, 0.25) is 5.75 Å². The van der Waals surface area contributed by atoms with E-state index in [1.807, 2.05) is 0 Å². The number of hydrogen-bond acceptors (Lipinski definition) is 6. The Morgan fingerprint density at radius 3 is 2.22 bits per heavy atom. The first-order chi connectivity index (χ1) is 10.9. The van der Waals surface area contributed by atoms with Crippen LogP contribution in [0.25, 0.3) is 6.08 Å². The molecule has 0 atom stereocenters. The molecule has 1 aromatic rings. The maximum Gasteiger partial charge on any atom is 0.331 e. The first kappa shape index (κ1) is 16.3. The molecule has 1 saturated heterocycles. The van der Waals surface area contributed by atoms with Gasteiger partial charge in [0.15, 0.2) is 11.5 Å². The highest BCUT2D eigenvalue weighted by Gasteiger charge is 2.33. The summed E-state index contributed by atoms with van der Waals surface area (Å²) < 4.78 is 15.7. The number of nitrogens with zero attached hydrogens (tertiary/aromatic N) is 1. The van der Waals surface area contributed by atoms with Crippen LogP contribution in [0.1, 0.15) is 5.56 Å². The lowest BCUT2D eigenvalue weighted by Gasteiger charge is -2.22. The molecule has 1 N–H and O–H groups in total. The summed E-state index contributed by atoms with van der Waals surface area (Å²) in [6.45, 7) is 0. The Bertz CT molecular complexity index is 710. The van der Waals surface area contributed by atoms with Crippen LogP contribution in [0.5, 0.6) is 17.2 Å². The van der Waals surface area contributed by atoms with Gasteiger partial charge in [-0.3, -0.25) is 19.8 Å². The third-order valence-electron chi connectivity index (χ3n) is 3.34. The minimum atomic E-state index is -0.769. The van der Waals surface area contributed by atoms with Gasteiger partial charge in [-0.05, 0) is 18.2 Å². The standard InChI is InChI=1S/C15H16N2O6/c1-17-14(19)9(13(18)16-15(17)20)7-8-5-6-10(21-2)12(23-4)11(8)22-3/h5-7H,1-4H3,(H,16,18,20). The van der Waals surface area contributed by atoms with E-state index in [4.69, 9.17) is 14.2 Å². The molecule has 8 heteroatoms. The monoisotopic (exact) mass is 320 g/mol. The number of nitrogens with one attached hydrogen (secondary N) is 1. The van der Waals surface area contributed by atoms with Gasteiger partial charge in [0.25, 0.3) is 11.8 Å². The van der Waals surface area contributed by atoms with Crippen LogP contribution in [-0.4, -0.2) is 51.1 Å². The largest absolute Gasteiger partial charge is 0.493 e. The number of hydrogen-bond donors (Lipinski definition) is 1. The zero-order valence-corrected chi connectivity index (χ0v) is 13.1. The smallest absolute Gasteiger partial charge is 0.331 e. The lowest BCUT2D eigenvalue weighted by atomic mass is 10.1. The third-order valence-corrected chi connectivity index (χ3v) is 3.34. The van der Waals surface area contributed by atoms with E-state index in [2.05, 4.69) is 5.32 Å². The van der Waals surface area contributed by atoms with E-state index < -0.39 is 17.8 Å². The fraction of sp³-hybridized carbons (Fsp3) is 0.267. The van der Waals surface area contributed by atoms with Crippen molar-refractivity contribution in [3.8, 4) is 17.2 Å². The summed E-state index contributed by atoms with van der Waals surface area (Å²) in [7, 11) is 5.64. The van der Waals surface area contributed by atoms with Crippen molar-refractivity contribution in [3.05, 3.63) is 23.3 Å². The molecular formula is C15H16N2O6. The molecule has 1 fully saturated rings. The van der Waals surface area contributed by atoms with E-state index in [0.29, 0.717) is 22.8 Å². The van der Waals surface area contributed by atoms with E-state index in [0.717, 1.165) is 4.90 Å². The second-order valence-corrected chi connectivity index (χ2v) is 4.61. The van der Waals surface area contributed by atoms with Gasteiger partial charge in [0.1, 0.15) is 5.57 Å². The zero-order chi connectivity index (χ0) is 17.1. The van der Waals surface area contributed by atoms with Crippen LogP contribution in [0.15, 0.2) is 17.7 Å². The highest BCUT2D eigenvalue weighted by Crippen LogP contribution is 2.40. The minimum absolute atomic E-state index is 0.183. The van der Waals surface area contributed by atoms with Crippen molar-refractivity contribution >= 4 is 23.9 Å². The summed E-state index contributed by atoms with van der Waals surface area (Å²) in [6.07, 6.45) is 1.33. The van der Waals surface area contributed by atoms with Crippen LogP contribution in [0.2, 0.25) is 0 Å². The Kier molecular flexibility index (Phi) is 4.54. The second kappa shape index (κ2) is 6.39. The first-order valence-electron chi connectivity index (χ1n) is 6.58. The van der Waals surface area contributed by atoms with Crippen LogP contribution in [0.3, 0.4) is 0 Å². The van der Waals surface area contributed by atoms with Gasteiger partial charge in [-0.25, -0.2) is 4.79 Å². The number of ether oxygens (including phenoxy) is 3. The molecule has 0 unspecified atom stereocenters. The highest BCUT2D eigenvalue weighted by molar-refractivity contribution is 6.30. The molecule has 1 aliphatic rings. The number of imide groups is 2. The number of benzene rings is 1. The fourth-order valence-electron chi connectivity index (χ4n) is 2.14. The van der Waals surface area contributed by atoms with Crippen LogP contribution in [0, 0.1) is 0 Å². The number of carbonyl (C=O) groups is 3. The number of urea groups is 1. The van der Waals surface area contributed by atoms with Crippen molar-refractivity contribution in [1.29, 1.82) is 0 Å². The van der Waals surface area contributed by atoms with Gasteiger partial charge in [-0.2, -0.15) is 0 Å². The van der Waals surface area contributed by atoms with Crippen LogP contribution >= 0.6 is 0 Å². The predicted molar refractivity (Wildman–Crippen MR) is 80.4 cm³/mol. The van der Waals surface area contributed by atoms with Crippen LogP contribution < -0.4 is 19.5 Å². The second-order valence-electron chi connectivity index (χ2n) is 4.61. The van der Waals surface area contributed by atoms with Crippen molar-refractivity contribution in [2.75, 3.05) is 28.4 Å². The minimum Gasteiger partial charge on any atom is -0.493 e. The molecule has 0 radical (unpaired) electrons. The molecule has 2 rings (SSSR count). The average molecular weight is 320 g/mol. The van der Waals surface area contributed by atoms with Gasteiger partial charge < -0.3 is 14.2 Å². The van der Waals surface area contributed by atoms with Crippen molar-refractivity contribution in [3.63, 3.8) is 0 Å². The van der Waals surface area contributed by atoms with Gasteiger partial charge in [0.05, 0.1) is 21.3 Å². The Hall–Kier alpha value is -3.03. The van der Waals surface area contributed by atoms with E-state index in [1.165, 1.54) is 34.5 Å². The van der Waals surface area contributed by atoms with Crippen LogP contribution in [-0.2, 0) is 9.59 Å². The molecule has 0 aliphatic carbocycles. The van der Waals surface area contributed by atoms with E-state index in [9.17, 15) is 14.4 Å². The van der Waals surface area contributed by atoms with E-state index in [1.54, 1.807) is 12.1 Å². The Labute approximate surface area is 132 Å². The number of rotatable bonds is 4. The fourth-order valence-corrected chi connectivity index (χ4v) is 2.14. The maximum absolute atomic E-state index is 12.1. The van der Waals surface area contributed by atoms with Crippen molar-refractivity contribution in [2.45, 2.75) is 0 Å². The molecule has 1 aromatic carbocycles. The molecule has 23 heavy (non-hydrogen) atoms. The summed E-state index contributed by atoms with van der Waals surface area (Å²) in [6, 6.07) is 2.47. The number of amides is 4. The van der Waals surface area contributed by atoms with E-state index >= 15 is 0 Å². The van der Waals surface area contributed by atoms with Gasteiger partial charge in [0, 0.05) is 12.6 Å². The lowest BCUT2D eigenvalue weighted by Crippen LogP contribution is -2.52. The predicted octanol–water partition coefficient (Wildman–Crippen LogP) is 0.804. The number of carbonyl (C=O) groups excluding carboxylic acids is 3. The van der Waals surface area contributed by atoms with Crippen molar-refractivity contribution in [1.82, 2.24) is 10.2 Å². The number of barbiturate groups is 1. The normalized spacial score (nSPS) is 16.4. The average Bonchev–Trinajstić information content (AvgIpc) is 2.55. The molecule has 8 nitrogen and oxygen atoms in total. The molecular weight excluding hydrogens is 304 g/mol. The van der Waals surface area contributed by atoms with Gasteiger partial charge in [-0.1, -0.05) is 0 Å². The van der Waals surface area contributed by atoms with Crippen molar-refractivity contribution in [2.24, 2.45) is 0 Å². The molecule has 4 amide bonds. The number of likely N-dealkylation sites (N-methyl/N-ethyl adjacent to an activating group) is 1. The molecule has 0 aromatic heterocycles. The van der Waals surface area contributed by atoms with E-state index in [-0.39, 0.29) is 5.57 Å². The number of methoxy groups -OCH3 is 3. The molecule has 0 bridgehead atoms. The third kappa shape index (κ3) is 2.83. The summed E-state index contributed by atoms with van der Waals surface area (Å²) in [5.74, 6) is -0.388. The molecule has 1 aliphatic heterocycles. The molecule has 1 heterocycles. The Morgan fingerprint density at radius 1 is 1.00 bits per heavy atom. The zero-order valence-electron chi connectivity index (χ0n) is 13.1.